The van der Waals surface area contributed by atoms with Crippen molar-refractivity contribution >= 4 is 11.6 Å². The summed E-state index contributed by atoms with van der Waals surface area (Å²) in [6, 6.07) is 13.7. The molecule has 0 radical (unpaired) electrons. The number of amides is 1. The molecule has 0 spiro atoms. The molecule has 0 saturated carbocycles. The zero-order valence-electron chi connectivity index (χ0n) is 15.0. The number of rotatable bonds is 5. The van der Waals surface area contributed by atoms with Crippen LogP contribution < -0.4 is 9.64 Å². The second-order valence-corrected chi connectivity index (χ2v) is 6.53. The van der Waals surface area contributed by atoms with Crippen molar-refractivity contribution in [3.63, 3.8) is 0 Å². The summed E-state index contributed by atoms with van der Waals surface area (Å²) in [6.07, 6.45) is 0. The zero-order chi connectivity index (χ0) is 18.5. The minimum atomic E-state index is -0.240. The van der Waals surface area contributed by atoms with E-state index >= 15 is 0 Å². The fourth-order valence-electron chi connectivity index (χ4n) is 2.93. The lowest BCUT2D eigenvalue weighted by Crippen LogP contribution is -2.48. The van der Waals surface area contributed by atoms with Gasteiger partial charge in [-0.25, -0.2) is 4.39 Å². The molecule has 136 valence electrons. The molecule has 1 aliphatic heterocycles. The van der Waals surface area contributed by atoms with Gasteiger partial charge in [-0.1, -0.05) is 12.6 Å². The smallest absolute Gasteiger partial charge is 0.254 e. The normalized spacial score (nSPS) is 14.2. The first kappa shape index (κ1) is 18.0. The zero-order valence-corrected chi connectivity index (χ0v) is 15.0. The van der Waals surface area contributed by atoms with E-state index in [9.17, 15) is 9.18 Å². The van der Waals surface area contributed by atoms with Gasteiger partial charge in [-0.05, 0) is 55.0 Å². The van der Waals surface area contributed by atoms with Crippen molar-refractivity contribution in [3.8, 4) is 5.75 Å². The third-order valence-corrected chi connectivity index (χ3v) is 4.32. The van der Waals surface area contributed by atoms with Crippen LogP contribution in [0.3, 0.4) is 0 Å². The van der Waals surface area contributed by atoms with E-state index in [4.69, 9.17) is 4.74 Å². The molecular weight excluding hydrogens is 331 g/mol. The third kappa shape index (κ3) is 4.42. The molecule has 26 heavy (non-hydrogen) atoms. The number of halogens is 1. The number of carbonyl (C=O) groups excluding carboxylic acids is 1. The van der Waals surface area contributed by atoms with Crippen LogP contribution in [0.5, 0.6) is 5.75 Å². The maximum absolute atomic E-state index is 13.1. The molecule has 0 aliphatic carbocycles. The first-order valence-electron chi connectivity index (χ1n) is 8.70. The highest BCUT2D eigenvalue weighted by Crippen LogP contribution is 2.19. The van der Waals surface area contributed by atoms with Crippen molar-refractivity contribution < 1.29 is 13.9 Å². The van der Waals surface area contributed by atoms with Gasteiger partial charge in [0.25, 0.3) is 5.91 Å². The number of benzene rings is 2. The highest BCUT2D eigenvalue weighted by atomic mass is 19.1. The lowest BCUT2D eigenvalue weighted by Gasteiger charge is -2.36. The van der Waals surface area contributed by atoms with Gasteiger partial charge in [-0.15, -0.1) is 0 Å². The number of anilines is 1. The maximum Gasteiger partial charge on any atom is 0.254 e. The minimum Gasteiger partial charge on any atom is -0.489 e. The van der Waals surface area contributed by atoms with Crippen molar-refractivity contribution in [1.29, 1.82) is 0 Å². The van der Waals surface area contributed by atoms with Gasteiger partial charge in [0.15, 0.2) is 0 Å². The Hall–Kier alpha value is -2.82. The minimum absolute atomic E-state index is 0.00420. The number of piperazine rings is 1. The molecule has 1 aliphatic rings. The highest BCUT2D eigenvalue weighted by molar-refractivity contribution is 5.94. The second kappa shape index (κ2) is 8.04. The maximum atomic E-state index is 13.1. The van der Waals surface area contributed by atoms with E-state index in [2.05, 4.69) is 11.5 Å². The van der Waals surface area contributed by atoms with Crippen LogP contribution in [0, 0.1) is 5.82 Å². The molecule has 5 heteroatoms. The molecule has 4 nitrogen and oxygen atoms in total. The largest absolute Gasteiger partial charge is 0.489 e. The molecule has 0 bridgehead atoms. The van der Waals surface area contributed by atoms with E-state index < -0.39 is 0 Å². The quantitative estimate of drug-likeness (QED) is 0.767. The van der Waals surface area contributed by atoms with Gasteiger partial charge < -0.3 is 14.5 Å². The highest BCUT2D eigenvalue weighted by Gasteiger charge is 2.22. The Labute approximate surface area is 153 Å². The molecule has 0 unspecified atom stereocenters. The monoisotopic (exact) mass is 354 g/mol. The van der Waals surface area contributed by atoms with Crippen LogP contribution in [-0.4, -0.2) is 43.6 Å². The summed E-state index contributed by atoms with van der Waals surface area (Å²) in [5.41, 5.74) is 2.53. The Morgan fingerprint density at radius 1 is 1.12 bits per heavy atom. The fraction of sp³-hybridized carbons (Fsp3) is 0.286. The Morgan fingerprint density at radius 2 is 1.81 bits per heavy atom. The molecule has 1 amide bonds. The topological polar surface area (TPSA) is 32.8 Å². The third-order valence-electron chi connectivity index (χ3n) is 4.32. The second-order valence-electron chi connectivity index (χ2n) is 6.53. The summed E-state index contributed by atoms with van der Waals surface area (Å²) >= 11 is 0. The van der Waals surface area contributed by atoms with Gasteiger partial charge >= 0.3 is 0 Å². The molecule has 0 atom stereocenters. The van der Waals surface area contributed by atoms with Gasteiger partial charge in [0.2, 0.25) is 0 Å². The van der Waals surface area contributed by atoms with E-state index in [1.54, 1.807) is 18.2 Å². The lowest BCUT2D eigenvalue weighted by molar-refractivity contribution is 0.0746. The predicted octanol–water partition coefficient (Wildman–Crippen LogP) is 3.74. The average molecular weight is 354 g/mol. The van der Waals surface area contributed by atoms with Crippen molar-refractivity contribution in [2.24, 2.45) is 0 Å². The Bertz CT molecular complexity index is 781. The van der Waals surface area contributed by atoms with E-state index in [1.165, 1.54) is 12.1 Å². The predicted molar refractivity (Wildman–Crippen MR) is 101 cm³/mol. The molecule has 3 rings (SSSR count). The summed E-state index contributed by atoms with van der Waals surface area (Å²) in [5.74, 6) is 0.435. The van der Waals surface area contributed by atoms with Crippen LogP contribution in [0.1, 0.15) is 17.3 Å². The number of hydrogen-bond acceptors (Lipinski definition) is 3. The summed E-state index contributed by atoms with van der Waals surface area (Å²) in [4.78, 5) is 16.8. The number of hydrogen-bond donors (Lipinski definition) is 0. The standard InChI is InChI=1S/C21H23FN2O2/c1-16(2)15-26-20-5-3-4-17(14-20)21(25)24-12-10-23(11-13-24)19-8-6-18(22)7-9-19/h3-9,14H,1,10-13,15H2,2H3. The van der Waals surface area contributed by atoms with Gasteiger partial charge in [0, 0.05) is 37.4 Å². The van der Waals surface area contributed by atoms with Crippen LogP contribution in [-0.2, 0) is 0 Å². The van der Waals surface area contributed by atoms with E-state index in [1.807, 2.05) is 30.0 Å². The van der Waals surface area contributed by atoms with Crippen LogP contribution in [0.15, 0.2) is 60.7 Å². The van der Waals surface area contributed by atoms with Crippen molar-refractivity contribution in [1.82, 2.24) is 4.90 Å². The molecule has 1 fully saturated rings. The van der Waals surface area contributed by atoms with E-state index in [0.29, 0.717) is 31.0 Å². The summed E-state index contributed by atoms with van der Waals surface area (Å²) in [5, 5.41) is 0. The van der Waals surface area contributed by atoms with E-state index in [-0.39, 0.29) is 11.7 Å². The Kier molecular flexibility index (Phi) is 5.56. The molecule has 2 aromatic carbocycles. The van der Waals surface area contributed by atoms with Crippen molar-refractivity contribution in [3.05, 3.63) is 72.1 Å². The molecular formula is C21H23FN2O2. The lowest BCUT2D eigenvalue weighted by atomic mass is 10.1. The summed E-state index contributed by atoms with van der Waals surface area (Å²) in [7, 11) is 0. The van der Waals surface area contributed by atoms with Crippen LogP contribution in [0.4, 0.5) is 10.1 Å². The van der Waals surface area contributed by atoms with Crippen molar-refractivity contribution in [2.45, 2.75) is 6.92 Å². The van der Waals surface area contributed by atoms with Gasteiger partial charge in [0.05, 0.1) is 0 Å². The number of carbonyl (C=O) groups is 1. The van der Waals surface area contributed by atoms with Gasteiger partial charge in [-0.3, -0.25) is 4.79 Å². The van der Waals surface area contributed by atoms with Crippen LogP contribution >= 0.6 is 0 Å². The Balaban J connectivity index is 1.60. The van der Waals surface area contributed by atoms with E-state index in [0.717, 1.165) is 24.4 Å². The molecule has 2 aromatic rings. The van der Waals surface area contributed by atoms with Gasteiger partial charge in [-0.2, -0.15) is 0 Å². The first-order chi connectivity index (χ1) is 12.5. The summed E-state index contributed by atoms with van der Waals surface area (Å²) < 4.78 is 18.7. The molecule has 1 heterocycles. The van der Waals surface area contributed by atoms with Crippen molar-refractivity contribution in [2.75, 3.05) is 37.7 Å². The van der Waals surface area contributed by atoms with Gasteiger partial charge in [0.1, 0.15) is 18.2 Å². The van der Waals surface area contributed by atoms with Crippen LogP contribution in [0.25, 0.3) is 0 Å². The number of ether oxygens (including phenoxy) is 1. The summed E-state index contributed by atoms with van der Waals surface area (Å²) in [6.45, 7) is 8.86. The number of nitrogens with zero attached hydrogens (tertiary/aromatic N) is 2. The molecule has 0 N–H and O–H groups in total. The molecule has 1 saturated heterocycles. The SMILES string of the molecule is C=C(C)COc1cccc(C(=O)N2CCN(c3ccc(F)cc3)CC2)c1. The fourth-order valence-corrected chi connectivity index (χ4v) is 2.93. The average Bonchev–Trinajstić information content (AvgIpc) is 2.67. The first-order valence-corrected chi connectivity index (χ1v) is 8.70. The molecule has 0 aromatic heterocycles. The Morgan fingerprint density at radius 3 is 2.46 bits per heavy atom. The van der Waals surface area contributed by atoms with Crippen LogP contribution in [0.2, 0.25) is 0 Å².